The molecule has 2 aliphatic rings. The number of hydrogen-bond acceptors (Lipinski definition) is 10. The molecule has 0 amide bonds. The van der Waals surface area contributed by atoms with Crippen molar-refractivity contribution in [1.82, 2.24) is 33.9 Å². The molecule has 0 atom stereocenters. The Balaban J connectivity index is 1.31. The van der Waals surface area contributed by atoms with Gasteiger partial charge in [0.1, 0.15) is 9.71 Å². The average molecular weight is 555 g/mol. The third kappa shape index (κ3) is 5.29. The van der Waals surface area contributed by atoms with Crippen LogP contribution in [0.5, 0.6) is 0 Å². The largest absolute Gasteiger partial charge is 0.378 e. The van der Waals surface area contributed by atoms with Crippen molar-refractivity contribution in [3.8, 4) is 17.2 Å². The highest BCUT2D eigenvalue weighted by molar-refractivity contribution is 7.88. The highest BCUT2D eigenvalue weighted by atomic mass is 32.2. The maximum atomic E-state index is 11.9. The van der Waals surface area contributed by atoms with Gasteiger partial charge in [-0.1, -0.05) is 23.8 Å². The van der Waals surface area contributed by atoms with Gasteiger partial charge in [-0.25, -0.2) is 18.1 Å². The predicted molar refractivity (Wildman–Crippen MR) is 147 cm³/mol. The molecule has 0 saturated carbocycles. The Labute approximate surface area is 225 Å². The summed E-state index contributed by atoms with van der Waals surface area (Å²) in [6.07, 6.45) is 3.15. The highest BCUT2D eigenvalue weighted by Gasteiger charge is 2.26. The van der Waals surface area contributed by atoms with Crippen LogP contribution in [0, 0.1) is 6.92 Å². The number of piperazine rings is 1. The van der Waals surface area contributed by atoms with Crippen LogP contribution in [0.15, 0.2) is 36.5 Å². The van der Waals surface area contributed by atoms with Crippen molar-refractivity contribution < 1.29 is 13.2 Å². The van der Waals surface area contributed by atoms with Gasteiger partial charge < -0.3 is 9.64 Å². The van der Waals surface area contributed by atoms with E-state index in [1.807, 2.05) is 24.4 Å². The van der Waals surface area contributed by atoms with Crippen LogP contribution in [0.25, 0.3) is 27.6 Å². The molecule has 0 bridgehead atoms. The molecular formula is C25H30N8O3S2. The Morgan fingerprint density at radius 1 is 1.00 bits per heavy atom. The first-order chi connectivity index (χ1) is 18.3. The molecule has 1 aromatic carbocycles. The fraction of sp³-hybridized carbons (Fsp3) is 0.440. The van der Waals surface area contributed by atoms with Crippen LogP contribution in [0.3, 0.4) is 0 Å². The van der Waals surface area contributed by atoms with Gasteiger partial charge in [0.2, 0.25) is 10.0 Å². The van der Waals surface area contributed by atoms with E-state index in [1.54, 1.807) is 16.0 Å². The Morgan fingerprint density at radius 3 is 2.53 bits per heavy atom. The van der Waals surface area contributed by atoms with Crippen molar-refractivity contribution in [1.29, 1.82) is 0 Å². The minimum Gasteiger partial charge on any atom is -0.378 e. The van der Waals surface area contributed by atoms with Crippen molar-refractivity contribution in [2.24, 2.45) is 0 Å². The third-order valence-electron chi connectivity index (χ3n) is 6.85. The zero-order chi connectivity index (χ0) is 26.3. The normalized spacial score (nSPS) is 17.9. The minimum absolute atomic E-state index is 0.483. The van der Waals surface area contributed by atoms with Crippen LogP contribution in [-0.2, 0) is 21.3 Å². The van der Waals surface area contributed by atoms with Crippen LogP contribution in [0.4, 0.5) is 5.82 Å². The number of fused-ring (bicyclic) bond motifs is 1. The molecule has 4 aromatic rings. The van der Waals surface area contributed by atoms with Crippen molar-refractivity contribution >= 4 is 37.5 Å². The van der Waals surface area contributed by atoms with E-state index in [4.69, 9.17) is 24.8 Å². The molecule has 0 N–H and O–H groups in total. The van der Waals surface area contributed by atoms with E-state index >= 15 is 0 Å². The first-order valence-corrected chi connectivity index (χ1v) is 15.3. The number of aromatic nitrogens is 5. The van der Waals surface area contributed by atoms with E-state index < -0.39 is 10.0 Å². The molecule has 0 aliphatic carbocycles. The number of anilines is 1. The second-order valence-corrected chi connectivity index (χ2v) is 12.7. The van der Waals surface area contributed by atoms with Gasteiger partial charge in [0, 0.05) is 51.0 Å². The number of sulfonamides is 1. The van der Waals surface area contributed by atoms with Gasteiger partial charge in [-0.2, -0.15) is 19.4 Å². The summed E-state index contributed by atoms with van der Waals surface area (Å²) in [5, 5.41) is 5.71. The molecule has 3 aromatic heterocycles. The van der Waals surface area contributed by atoms with Gasteiger partial charge in [0.25, 0.3) is 5.95 Å². The minimum atomic E-state index is -3.16. The van der Waals surface area contributed by atoms with Crippen LogP contribution in [-0.4, -0.2) is 101 Å². The molecule has 0 spiro atoms. The van der Waals surface area contributed by atoms with E-state index in [0.29, 0.717) is 57.5 Å². The molecule has 200 valence electrons. The zero-order valence-corrected chi connectivity index (χ0v) is 23.1. The van der Waals surface area contributed by atoms with Gasteiger partial charge in [-0.15, -0.1) is 11.3 Å². The van der Waals surface area contributed by atoms with Gasteiger partial charge in [0.05, 0.1) is 31.7 Å². The first kappa shape index (κ1) is 25.3. The lowest BCUT2D eigenvalue weighted by atomic mass is 10.1. The van der Waals surface area contributed by atoms with E-state index in [0.717, 1.165) is 39.9 Å². The Hall–Kier alpha value is -2.97. The van der Waals surface area contributed by atoms with Gasteiger partial charge in [-0.05, 0) is 19.1 Å². The fourth-order valence-electron chi connectivity index (χ4n) is 4.81. The molecule has 0 radical (unpaired) electrons. The number of aryl methyl sites for hydroxylation is 1. The molecular weight excluding hydrogens is 524 g/mol. The maximum Gasteiger partial charge on any atom is 0.254 e. The first-order valence-electron chi connectivity index (χ1n) is 12.6. The molecule has 11 nitrogen and oxygen atoms in total. The standard InChI is InChI=1S/C25H30N8O3S2/c1-18-4-3-5-19(16-18)20-6-7-33(29-20)25-27-23-22(24(28-25)31-12-14-36-15-13-31)37-21(26-23)17-30-8-10-32(11-9-30)38(2,34)35/h3-7,16H,8-15,17H2,1-2H3. The second kappa shape index (κ2) is 10.3. The summed E-state index contributed by atoms with van der Waals surface area (Å²) in [7, 11) is -3.16. The van der Waals surface area contributed by atoms with Crippen molar-refractivity contribution in [3.63, 3.8) is 0 Å². The summed E-state index contributed by atoms with van der Waals surface area (Å²) < 4.78 is 33.5. The van der Waals surface area contributed by atoms with E-state index in [9.17, 15) is 8.42 Å². The molecule has 6 rings (SSSR count). The van der Waals surface area contributed by atoms with E-state index in [1.165, 1.54) is 16.1 Å². The van der Waals surface area contributed by atoms with Gasteiger partial charge in [0.15, 0.2) is 11.5 Å². The molecule has 2 fully saturated rings. The van der Waals surface area contributed by atoms with Crippen molar-refractivity contribution in [2.45, 2.75) is 13.5 Å². The van der Waals surface area contributed by atoms with Crippen LogP contribution in [0.2, 0.25) is 0 Å². The summed E-state index contributed by atoms with van der Waals surface area (Å²) in [5.41, 5.74) is 3.73. The monoisotopic (exact) mass is 554 g/mol. The summed E-state index contributed by atoms with van der Waals surface area (Å²) in [5.74, 6) is 1.34. The maximum absolute atomic E-state index is 11.9. The van der Waals surface area contributed by atoms with Crippen LogP contribution >= 0.6 is 11.3 Å². The summed E-state index contributed by atoms with van der Waals surface area (Å²) >= 11 is 1.60. The third-order valence-corrected chi connectivity index (χ3v) is 9.17. The van der Waals surface area contributed by atoms with E-state index in [2.05, 4.69) is 28.9 Å². The van der Waals surface area contributed by atoms with Gasteiger partial charge >= 0.3 is 0 Å². The Morgan fingerprint density at radius 2 is 1.79 bits per heavy atom. The van der Waals surface area contributed by atoms with Gasteiger partial charge in [-0.3, -0.25) is 4.90 Å². The number of ether oxygens (including phenoxy) is 1. The SMILES string of the molecule is Cc1cccc(-c2ccn(-c3nc(N4CCOCC4)c4sc(CN5CCN(S(C)(=O)=O)CC5)nc4n3)n2)c1. The molecule has 5 heterocycles. The number of nitrogens with zero attached hydrogens (tertiary/aromatic N) is 8. The van der Waals surface area contributed by atoms with Crippen molar-refractivity contribution in [2.75, 3.05) is 63.6 Å². The molecule has 2 saturated heterocycles. The number of benzene rings is 1. The molecule has 2 aliphatic heterocycles. The zero-order valence-electron chi connectivity index (χ0n) is 21.4. The fourth-order valence-corrected chi connectivity index (χ4v) is 6.70. The van der Waals surface area contributed by atoms with Crippen LogP contribution in [0.1, 0.15) is 10.6 Å². The summed E-state index contributed by atoms with van der Waals surface area (Å²) in [6, 6.07) is 10.2. The summed E-state index contributed by atoms with van der Waals surface area (Å²) in [4.78, 5) is 19.1. The predicted octanol–water partition coefficient (Wildman–Crippen LogP) is 2.16. The Bertz CT molecular complexity index is 1550. The second-order valence-electron chi connectivity index (χ2n) is 9.66. The van der Waals surface area contributed by atoms with Crippen molar-refractivity contribution in [3.05, 3.63) is 47.1 Å². The lowest BCUT2D eigenvalue weighted by Gasteiger charge is -2.32. The quantitative estimate of drug-likeness (QED) is 0.354. The number of hydrogen-bond donors (Lipinski definition) is 0. The smallest absolute Gasteiger partial charge is 0.254 e. The average Bonchev–Trinajstić information content (AvgIpc) is 3.56. The number of rotatable bonds is 6. The topological polar surface area (TPSA) is 110 Å². The number of morpholine rings is 1. The number of thiazole rings is 1. The van der Waals surface area contributed by atoms with E-state index in [-0.39, 0.29) is 0 Å². The molecule has 0 unspecified atom stereocenters. The van der Waals surface area contributed by atoms with Crippen LogP contribution < -0.4 is 4.90 Å². The Kier molecular flexibility index (Phi) is 6.86. The lowest BCUT2D eigenvalue weighted by molar-refractivity contribution is 0.122. The molecule has 13 heteroatoms. The summed E-state index contributed by atoms with van der Waals surface area (Å²) in [6.45, 7) is 7.85. The molecule has 38 heavy (non-hydrogen) atoms. The highest BCUT2D eigenvalue weighted by Crippen LogP contribution is 2.32. The lowest BCUT2D eigenvalue weighted by Crippen LogP contribution is -2.47.